The molecule has 1 rings (SSSR count). The lowest BCUT2D eigenvalue weighted by Crippen LogP contribution is -1.95. The van der Waals surface area contributed by atoms with Crippen LogP contribution in [0, 0.1) is 0 Å². The number of hydrogen-bond donors (Lipinski definition) is 1. The number of allylic oxidation sites excluding steroid dienone is 1. The van der Waals surface area contributed by atoms with Gasteiger partial charge in [-0.3, -0.25) is 0 Å². The fourth-order valence-corrected chi connectivity index (χ4v) is 1.10. The van der Waals surface area contributed by atoms with Gasteiger partial charge in [0.2, 0.25) is 5.88 Å². The Hall–Kier alpha value is -1.22. The highest BCUT2D eigenvalue weighted by molar-refractivity contribution is 6.17. The van der Waals surface area contributed by atoms with Gasteiger partial charge in [-0.15, -0.1) is 11.6 Å². The smallest absolute Gasteiger partial charge is 0.213 e. The molecule has 2 N–H and O–H groups in total. The summed E-state index contributed by atoms with van der Waals surface area (Å²) in [6.07, 6.45) is 4.59. The Balaban J connectivity index is 2.83. The standard InChI is InChI=1S/C10H13ClN2O/c1-14-10-6-5-8(12)9(13-10)4-2-3-7-11/h2,4-6H,3,7,12H2,1H3. The third-order valence-electron chi connectivity index (χ3n) is 1.69. The quantitative estimate of drug-likeness (QED) is 0.780. The van der Waals surface area contributed by atoms with Gasteiger partial charge in [0.1, 0.15) is 0 Å². The van der Waals surface area contributed by atoms with Crippen molar-refractivity contribution in [2.24, 2.45) is 0 Å². The molecule has 0 saturated carbocycles. The Morgan fingerprint density at radius 3 is 3.00 bits per heavy atom. The normalized spacial score (nSPS) is 10.7. The van der Waals surface area contributed by atoms with Crippen LogP contribution < -0.4 is 10.5 Å². The number of aromatic nitrogens is 1. The highest BCUT2D eigenvalue weighted by Gasteiger charge is 1.98. The van der Waals surface area contributed by atoms with Crippen molar-refractivity contribution in [1.29, 1.82) is 0 Å². The SMILES string of the molecule is COc1ccc(N)c(C=CCCCl)n1. The second-order valence-corrected chi connectivity index (χ2v) is 3.09. The zero-order valence-corrected chi connectivity index (χ0v) is 8.79. The topological polar surface area (TPSA) is 48.1 Å². The first-order chi connectivity index (χ1) is 6.77. The molecule has 1 aromatic heterocycles. The summed E-state index contributed by atoms with van der Waals surface area (Å²) in [7, 11) is 1.57. The summed E-state index contributed by atoms with van der Waals surface area (Å²) in [6, 6.07) is 3.50. The number of nitrogens with zero attached hydrogens (tertiary/aromatic N) is 1. The molecule has 1 heterocycles. The van der Waals surface area contributed by atoms with Gasteiger partial charge in [0.15, 0.2) is 0 Å². The van der Waals surface area contributed by atoms with Crippen molar-refractivity contribution in [1.82, 2.24) is 4.98 Å². The van der Waals surface area contributed by atoms with Crippen LogP contribution in [0.3, 0.4) is 0 Å². The molecule has 0 aliphatic heterocycles. The lowest BCUT2D eigenvalue weighted by molar-refractivity contribution is 0.398. The van der Waals surface area contributed by atoms with E-state index in [0.717, 1.165) is 12.1 Å². The van der Waals surface area contributed by atoms with Crippen molar-refractivity contribution < 1.29 is 4.74 Å². The molecule has 0 amide bonds. The van der Waals surface area contributed by atoms with Crippen molar-refractivity contribution in [3.05, 3.63) is 23.9 Å². The first-order valence-corrected chi connectivity index (χ1v) is 4.84. The third kappa shape index (κ3) is 2.92. The predicted octanol–water partition coefficient (Wildman–Crippen LogP) is 2.31. The second kappa shape index (κ2) is 5.50. The molecule has 76 valence electrons. The van der Waals surface area contributed by atoms with Crippen LogP contribution >= 0.6 is 11.6 Å². The van der Waals surface area contributed by atoms with Gasteiger partial charge in [0, 0.05) is 11.9 Å². The van der Waals surface area contributed by atoms with Crippen LogP contribution in [0.25, 0.3) is 6.08 Å². The van der Waals surface area contributed by atoms with Gasteiger partial charge >= 0.3 is 0 Å². The molecule has 0 aliphatic rings. The number of pyridine rings is 1. The molecular weight excluding hydrogens is 200 g/mol. The molecule has 0 aromatic carbocycles. The molecule has 0 atom stereocenters. The molecule has 0 unspecified atom stereocenters. The van der Waals surface area contributed by atoms with Gasteiger partial charge in [-0.25, -0.2) is 4.98 Å². The van der Waals surface area contributed by atoms with Crippen LogP contribution in [0.5, 0.6) is 5.88 Å². The van der Waals surface area contributed by atoms with Crippen molar-refractivity contribution in [2.75, 3.05) is 18.7 Å². The Bertz CT molecular complexity index is 326. The highest BCUT2D eigenvalue weighted by atomic mass is 35.5. The summed E-state index contributed by atoms with van der Waals surface area (Å²) in [5.41, 5.74) is 7.08. The minimum absolute atomic E-state index is 0.560. The van der Waals surface area contributed by atoms with Gasteiger partial charge < -0.3 is 10.5 Å². The van der Waals surface area contributed by atoms with Crippen LogP contribution in [0.4, 0.5) is 5.69 Å². The van der Waals surface area contributed by atoms with Gasteiger partial charge in [-0.05, 0) is 18.6 Å². The van der Waals surface area contributed by atoms with E-state index in [1.165, 1.54) is 0 Å². The molecule has 0 fully saturated rings. The zero-order valence-electron chi connectivity index (χ0n) is 8.03. The Kier molecular flexibility index (Phi) is 4.26. The number of anilines is 1. The van der Waals surface area contributed by atoms with Crippen molar-refractivity contribution in [3.8, 4) is 5.88 Å². The van der Waals surface area contributed by atoms with Crippen molar-refractivity contribution in [2.45, 2.75) is 6.42 Å². The molecule has 0 radical (unpaired) electrons. The minimum Gasteiger partial charge on any atom is -0.481 e. The fraction of sp³-hybridized carbons (Fsp3) is 0.300. The number of methoxy groups -OCH3 is 1. The molecular formula is C10H13ClN2O. The van der Waals surface area contributed by atoms with E-state index in [9.17, 15) is 0 Å². The van der Waals surface area contributed by atoms with Gasteiger partial charge in [-0.1, -0.05) is 6.08 Å². The molecule has 0 bridgehead atoms. The summed E-state index contributed by atoms with van der Waals surface area (Å²) in [6.45, 7) is 0. The Labute approximate surface area is 88.5 Å². The van der Waals surface area contributed by atoms with Crippen LogP contribution in [0.1, 0.15) is 12.1 Å². The van der Waals surface area contributed by atoms with E-state index in [-0.39, 0.29) is 0 Å². The maximum atomic E-state index is 5.72. The van der Waals surface area contributed by atoms with E-state index in [2.05, 4.69) is 4.98 Å². The van der Waals surface area contributed by atoms with Gasteiger partial charge in [-0.2, -0.15) is 0 Å². The second-order valence-electron chi connectivity index (χ2n) is 2.71. The maximum Gasteiger partial charge on any atom is 0.213 e. The Morgan fingerprint density at radius 1 is 1.57 bits per heavy atom. The van der Waals surface area contributed by atoms with Crippen LogP contribution in [-0.4, -0.2) is 18.0 Å². The van der Waals surface area contributed by atoms with Gasteiger partial charge in [0.05, 0.1) is 18.5 Å². The number of alkyl halides is 1. The molecule has 0 aliphatic carbocycles. The summed E-state index contributed by atoms with van der Waals surface area (Å²) < 4.78 is 4.99. The van der Waals surface area contributed by atoms with E-state index in [1.807, 2.05) is 12.2 Å². The lowest BCUT2D eigenvalue weighted by atomic mass is 10.2. The average Bonchev–Trinajstić information content (AvgIpc) is 2.21. The summed E-state index contributed by atoms with van der Waals surface area (Å²) >= 11 is 5.54. The number of nitrogens with two attached hydrogens (primary N) is 1. The molecule has 14 heavy (non-hydrogen) atoms. The number of halogens is 1. The first-order valence-electron chi connectivity index (χ1n) is 4.31. The van der Waals surface area contributed by atoms with Crippen molar-refractivity contribution >= 4 is 23.4 Å². The molecule has 1 aromatic rings. The van der Waals surface area contributed by atoms with Crippen LogP contribution in [-0.2, 0) is 0 Å². The summed E-state index contributed by atoms with van der Waals surface area (Å²) in [5.74, 6) is 1.16. The van der Waals surface area contributed by atoms with E-state index < -0.39 is 0 Å². The van der Waals surface area contributed by atoms with Crippen LogP contribution in [0.2, 0.25) is 0 Å². The summed E-state index contributed by atoms with van der Waals surface area (Å²) in [4.78, 5) is 4.19. The van der Waals surface area contributed by atoms with Gasteiger partial charge in [0.25, 0.3) is 0 Å². The first kappa shape index (κ1) is 10.9. The lowest BCUT2D eigenvalue weighted by Gasteiger charge is -2.02. The zero-order chi connectivity index (χ0) is 10.4. The molecule has 4 heteroatoms. The number of nitrogen functional groups attached to an aromatic ring is 1. The van der Waals surface area contributed by atoms with E-state index in [4.69, 9.17) is 22.1 Å². The molecule has 3 nitrogen and oxygen atoms in total. The molecule has 0 saturated heterocycles. The fourth-order valence-electron chi connectivity index (χ4n) is 0.972. The summed E-state index contributed by atoms with van der Waals surface area (Å²) in [5, 5.41) is 0. The number of ether oxygens (including phenoxy) is 1. The van der Waals surface area contributed by atoms with Crippen LogP contribution in [0.15, 0.2) is 18.2 Å². The van der Waals surface area contributed by atoms with E-state index in [0.29, 0.717) is 17.4 Å². The van der Waals surface area contributed by atoms with Crippen molar-refractivity contribution in [3.63, 3.8) is 0 Å². The average molecular weight is 213 g/mol. The largest absolute Gasteiger partial charge is 0.481 e. The van der Waals surface area contributed by atoms with E-state index in [1.54, 1.807) is 19.2 Å². The maximum absolute atomic E-state index is 5.72. The number of hydrogen-bond acceptors (Lipinski definition) is 3. The third-order valence-corrected chi connectivity index (χ3v) is 1.91. The molecule has 0 spiro atoms. The Morgan fingerprint density at radius 2 is 2.36 bits per heavy atom. The number of rotatable bonds is 4. The minimum atomic E-state index is 0.560. The van der Waals surface area contributed by atoms with E-state index >= 15 is 0 Å². The predicted molar refractivity (Wildman–Crippen MR) is 59.6 cm³/mol. The highest BCUT2D eigenvalue weighted by Crippen LogP contribution is 2.16. The monoisotopic (exact) mass is 212 g/mol.